The highest BCUT2D eigenvalue weighted by atomic mass is 32.3. The smallest absolute Gasteiger partial charge is 0.397 e. The molecule has 4 unspecified atom stereocenters. The van der Waals surface area contributed by atoms with Crippen molar-refractivity contribution in [1.82, 2.24) is 5.32 Å². The molecular formula is C15H25NO18S2. The number of carboxylic acid groups (broad SMARTS) is 1. The van der Waals surface area contributed by atoms with Gasteiger partial charge in [-0.25, -0.2) is 13.2 Å². The molecule has 2 heterocycles. The van der Waals surface area contributed by atoms with E-state index in [1.807, 2.05) is 0 Å². The third-order valence-corrected chi connectivity index (χ3v) is 5.90. The minimum absolute atomic E-state index is 0.811. The number of amides is 1. The second-order valence-electron chi connectivity index (χ2n) is 7.54. The molecule has 0 aromatic carbocycles. The lowest BCUT2D eigenvalue weighted by atomic mass is 9.95. The Morgan fingerprint density at radius 3 is 2.03 bits per heavy atom. The van der Waals surface area contributed by atoms with Gasteiger partial charge in [0.05, 0.1) is 6.61 Å². The van der Waals surface area contributed by atoms with E-state index in [0.717, 1.165) is 14.0 Å². The van der Waals surface area contributed by atoms with Crippen molar-refractivity contribution in [3.05, 3.63) is 0 Å². The molecule has 1 amide bonds. The van der Waals surface area contributed by atoms with E-state index in [2.05, 4.69) is 13.7 Å². The first-order valence-corrected chi connectivity index (χ1v) is 12.5. The van der Waals surface area contributed by atoms with Crippen LogP contribution in [-0.4, -0.2) is 133 Å². The van der Waals surface area contributed by atoms with Crippen molar-refractivity contribution in [2.24, 2.45) is 0 Å². The molecule has 0 aromatic heterocycles. The first kappa shape index (κ1) is 30.6. The standard InChI is InChI=1S/C15H25NO18S2/c1-4(17)16-6-9(7(18)5(31-14(6)22)3-30-35(23,24)25)32-15-11(34-36(26,27)28)8(19)10(29-2)12(33-15)13(20)21/h5-12,14-15,18-19,22H,3H2,1-2H3,(H,16,17)(H,20,21)(H,23,24,25)(H,26,27,28)/t5?,6?,7-,8-,9+,10-,11?,12?,14+,15+/m0/s1. The van der Waals surface area contributed by atoms with Crippen LogP contribution >= 0.6 is 0 Å². The van der Waals surface area contributed by atoms with Gasteiger partial charge in [0, 0.05) is 14.0 Å². The van der Waals surface area contributed by atoms with Gasteiger partial charge in [-0.05, 0) is 0 Å². The minimum atomic E-state index is -5.34. The number of methoxy groups -OCH3 is 1. The number of rotatable bonds is 10. The van der Waals surface area contributed by atoms with Gasteiger partial charge in [0.2, 0.25) is 5.91 Å². The van der Waals surface area contributed by atoms with Crippen LogP contribution in [-0.2, 0) is 57.7 Å². The van der Waals surface area contributed by atoms with Crippen LogP contribution in [0.1, 0.15) is 6.92 Å². The molecule has 2 aliphatic heterocycles. The number of aliphatic carboxylic acids is 1. The zero-order chi connectivity index (χ0) is 27.6. The molecule has 0 aliphatic carbocycles. The van der Waals surface area contributed by atoms with Gasteiger partial charge in [-0.1, -0.05) is 0 Å². The lowest BCUT2D eigenvalue weighted by Gasteiger charge is -2.47. The van der Waals surface area contributed by atoms with Crippen LogP contribution in [0.3, 0.4) is 0 Å². The topological polar surface area (TPSA) is 291 Å². The Morgan fingerprint density at radius 2 is 1.56 bits per heavy atom. The fourth-order valence-corrected chi connectivity index (χ4v) is 4.36. The summed E-state index contributed by atoms with van der Waals surface area (Å²) < 4.78 is 91.1. The summed E-state index contributed by atoms with van der Waals surface area (Å²) in [5.41, 5.74) is 0. The van der Waals surface area contributed by atoms with Crippen LogP contribution in [0, 0.1) is 0 Å². The van der Waals surface area contributed by atoms with Crippen LogP contribution in [0.2, 0.25) is 0 Å². The quantitative estimate of drug-likeness (QED) is 0.121. The van der Waals surface area contributed by atoms with E-state index in [1.165, 1.54) is 0 Å². The highest BCUT2D eigenvalue weighted by Crippen LogP contribution is 2.31. The van der Waals surface area contributed by atoms with Gasteiger partial charge in [-0.2, -0.15) is 16.8 Å². The summed E-state index contributed by atoms with van der Waals surface area (Å²) in [6.45, 7) is -0.106. The molecule has 2 aliphatic rings. The van der Waals surface area contributed by atoms with Gasteiger partial charge in [-0.15, -0.1) is 0 Å². The van der Waals surface area contributed by atoms with Crippen LogP contribution in [0.15, 0.2) is 0 Å². The summed E-state index contributed by atoms with van der Waals surface area (Å²) in [7, 11) is -9.43. The van der Waals surface area contributed by atoms with Crippen molar-refractivity contribution in [3.63, 3.8) is 0 Å². The molecular weight excluding hydrogens is 546 g/mol. The molecule has 2 fully saturated rings. The van der Waals surface area contributed by atoms with Crippen molar-refractivity contribution in [2.75, 3.05) is 13.7 Å². The van der Waals surface area contributed by atoms with E-state index in [1.54, 1.807) is 0 Å². The number of carboxylic acids is 1. The van der Waals surface area contributed by atoms with Gasteiger partial charge in [0.25, 0.3) is 0 Å². The van der Waals surface area contributed by atoms with Crippen LogP contribution in [0.4, 0.5) is 0 Å². The summed E-state index contributed by atoms with van der Waals surface area (Å²) in [5, 5.41) is 43.0. The normalized spacial score (nSPS) is 37.9. The lowest BCUT2D eigenvalue weighted by molar-refractivity contribution is -0.334. The molecule has 7 N–H and O–H groups in total. The Balaban J connectivity index is 2.44. The molecule has 0 aromatic rings. The predicted molar refractivity (Wildman–Crippen MR) is 106 cm³/mol. The molecule has 21 heteroatoms. The average Bonchev–Trinajstić information content (AvgIpc) is 2.72. The number of carbonyl (C=O) groups is 2. The van der Waals surface area contributed by atoms with Crippen molar-refractivity contribution in [3.8, 4) is 0 Å². The maximum atomic E-state index is 11.6. The number of hydrogen-bond donors (Lipinski definition) is 7. The van der Waals surface area contributed by atoms with Gasteiger partial charge >= 0.3 is 26.8 Å². The van der Waals surface area contributed by atoms with E-state index in [9.17, 15) is 46.9 Å². The van der Waals surface area contributed by atoms with Gasteiger partial charge in [-0.3, -0.25) is 13.9 Å². The van der Waals surface area contributed by atoms with E-state index in [4.69, 9.17) is 28.1 Å². The number of ether oxygens (including phenoxy) is 4. The molecule has 10 atom stereocenters. The first-order chi connectivity index (χ1) is 16.4. The van der Waals surface area contributed by atoms with Gasteiger partial charge in [0.15, 0.2) is 24.8 Å². The van der Waals surface area contributed by atoms with Crippen LogP contribution in [0.25, 0.3) is 0 Å². The molecule has 19 nitrogen and oxygen atoms in total. The van der Waals surface area contributed by atoms with E-state index >= 15 is 0 Å². The number of aliphatic hydroxyl groups is 3. The highest BCUT2D eigenvalue weighted by molar-refractivity contribution is 7.81. The Morgan fingerprint density at radius 1 is 0.944 bits per heavy atom. The second-order valence-corrected chi connectivity index (χ2v) is 9.68. The maximum absolute atomic E-state index is 11.6. The molecule has 36 heavy (non-hydrogen) atoms. The minimum Gasteiger partial charge on any atom is -0.479 e. The summed E-state index contributed by atoms with van der Waals surface area (Å²) >= 11 is 0. The van der Waals surface area contributed by atoms with Gasteiger partial charge in [0.1, 0.15) is 36.6 Å². The largest absolute Gasteiger partial charge is 0.479 e. The number of hydrogen-bond acceptors (Lipinski definition) is 15. The Bertz CT molecular complexity index is 1000. The van der Waals surface area contributed by atoms with Crippen molar-refractivity contribution < 1.29 is 83.3 Å². The predicted octanol–water partition coefficient (Wildman–Crippen LogP) is -4.85. The summed E-state index contributed by atoms with van der Waals surface area (Å²) in [5.74, 6) is -2.53. The van der Waals surface area contributed by atoms with Crippen LogP contribution in [0.5, 0.6) is 0 Å². The molecule has 210 valence electrons. The maximum Gasteiger partial charge on any atom is 0.397 e. The SMILES string of the molecule is CO[C@@H]1C(C(=O)O)O[C@@H](O[C@@H]2C(NC(C)=O)[C@H](O)OC(COS(=O)(=O)O)[C@@H]2O)C(OS(=O)(=O)O)[C@H]1O. The number of carbonyl (C=O) groups excluding carboxylic acids is 1. The zero-order valence-corrected chi connectivity index (χ0v) is 20.0. The third-order valence-electron chi connectivity index (χ3n) is 5.00. The highest BCUT2D eigenvalue weighted by Gasteiger charge is 2.55. The van der Waals surface area contributed by atoms with Crippen molar-refractivity contribution >= 4 is 32.7 Å². The van der Waals surface area contributed by atoms with Crippen molar-refractivity contribution in [1.29, 1.82) is 0 Å². The fraction of sp³-hybridized carbons (Fsp3) is 0.867. The first-order valence-electron chi connectivity index (χ1n) is 9.76. The van der Waals surface area contributed by atoms with E-state index < -0.39 is 101 Å². The van der Waals surface area contributed by atoms with Crippen molar-refractivity contribution in [2.45, 2.75) is 68.3 Å². The fourth-order valence-electron chi connectivity index (χ4n) is 3.57. The lowest BCUT2D eigenvalue weighted by Crippen LogP contribution is -2.68. The summed E-state index contributed by atoms with van der Waals surface area (Å²) in [6, 6.07) is -1.69. The van der Waals surface area contributed by atoms with E-state index in [-0.39, 0.29) is 0 Å². The zero-order valence-electron chi connectivity index (χ0n) is 18.4. The molecule has 2 rings (SSSR count). The number of nitrogens with one attached hydrogen (secondary N) is 1. The Labute approximate surface area is 203 Å². The molecule has 0 radical (unpaired) electrons. The molecule has 0 saturated carbocycles. The third kappa shape index (κ3) is 7.95. The number of aliphatic hydroxyl groups excluding tert-OH is 3. The Kier molecular flexibility index (Phi) is 10.1. The Hall–Kier alpha value is -1.60. The van der Waals surface area contributed by atoms with Gasteiger partial charge < -0.3 is 44.7 Å². The molecule has 0 bridgehead atoms. The average molecular weight is 571 g/mol. The van der Waals surface area contributed by atoms with Crippen LogP contribution < -0.4 is 5.32 Å². The monoisotopic (exact) mass is 571 g/mol. The summed E-state index contributed by atoms with van der Waals surface area (Å²) in [6.07, 6.45) is -18.1. The second kappa shape index (κ2) is 11.8. The summed E-state index contributed by atoms with van der Waals surface area (Å²) in [4.78, 5) is 23.2. The molecule has 0 spiro atoms. The molecule has 2 saturated heterocycles. The van der Waals surface area contributed by atoms with E-state index in [0.29, 0.717) is 0 Å².